The zero-order chi connectivity index (χ0) is 25.0. The van der Waals surface area contributed by atoms with Crippen LogP contribution in [0.5, 0.6) is 5.75 Å². The minimum absolute atomic E-state index is 0.146. The number of amides is 3. The number of aliphatic hydroxyl groups is 1. The fraction of sp³-hybridized carbons (Fsp3) is 0.250. The van der Waals surface area contributed by atoms with Crippen molar-refractivity contribution in [2.75, 3.05) is 24.4 Å². The summed E-state index contributed by atoms with van der Waals surface area (Å²) in [5, 5.41) is 25.9. The number of alkyl carbamates (subject to hydrolysis) is 1. The Morgan fingerprint density at radius 1 is 1.20 bits per heavy atom. The molecule has 3 rings (SSSR count). The molecule has 11 heteroatoms. The zero-order valence-electron chi connectivity index (χ0n) is 19.0. The summed E-state index contributed by atoms with van der Waals surface area (Å²) in [5.41, 5.74) is 2.45. The molecule has 4 N–H and O–H groups in total. The van der Waals surface area contributed by atoms with E-state index in [9.17, 15) is 14.7 Å². The summed E-state index contributed by atoms with van der Waals surface area (Å²) in [4.78, 5) is 28.3. The van der Waals surface area contributed by atoms with Crippen LogP contribution in [-0.4, -0.2) is 42.0 Å². The molecule has 3 aromatic rings. The maximum Gasteiger partial charge on any atom is 0.407 e. The van der Waals surface area contributed by atoms with E-state index in [0.717, 1.165) is 5.56 Å². The van der Waals surface area contributed by atoms with Crippen molar-refractivity contribution < 1.29 is 28.6 Å². The molecule has 11 nitrogen and oxygen atoms in total. The number of urea groups is 1. The van der Waals surface area contributed by atoms with Crippen molar-refractivity contribution in [1.29, 1.82) is 5.26 Å². The van der Waals surface area contributed by atoms with Crippen LogP contribution in [-0.2, 0) is 11.3 Å². The molecule has 35 heavy (non-hydrogen) atoms. The highest BCUT2D eigenvalue weighted by Crippen LogP contribution is 2.32. The van der Waals surface area contributed by atoms with Crippen LogP contribution < -0.4 is 20.7 Å². The van der Waals surface area contributed by atoms with Crippen molar-refractivity contribution in [2.24, 2.45) is 0 Å². The van der Waals surface area contributed by atoms with E-state index in [2.05, 4.69) is 20.9 Å². The van der Waals surface area contributed by atoms with Gasteiger partial charge in [0.25, 0.3) is 0 Å². The van der Waals surface area contributed by atoms with Gasteiger partial charge in [-0.1, -0.05) is 12.1 Å². The first-order valence-corrected chi connectivity index (χ1v) is 10.7. The average molecular weight is 479 g/mol. The number of rotatable bonds is 10. The Kier molecular flexibility index (Phi) is 9.04. The maximum absolute atomic E-state index is 12.5. The van der Waals surface area contributed by atoms with Gasteiger partial charge >= 0.3 is 12.1 Å². The van der Waals surface area contributed by atoms with E-state index in [4.69, 9.17) is 19.2 Å². The molecule has 2 aromatic carbocycles. The Morgan fingerprint density at radius 3 is 2.69 bits per heavy atom. The summed E-state index contributed by atoms with van der Waals surface area (Å²) in [6, 6.07) is 13.5. The van der Waals surface area contributed by atoms with Crippen molar-refractivity contribution in [3.8, 4) is 23.1 Å². The maximum atomic E-state index is 12.5. The number of oxazole rings is 1. The standard InChI is InChI=1S/C24H25N5O6/c1-33-21-11-18(7-8-20(21)22-13-26-15-34-22)29-23(31)28-17-5-2-4-16(10-17)12-27-24(32)35-19(14-30)6-3-9-25/h2,4-5,7-8,10-11,13,15,19,30H,3,6,12,14H2,1H3,(H,27,32)(H2,28,29,31). The summed E-state index contributed by atoms with van der Waals surface area (Å²) >= 11 is 0. The molecule has 3 amide bonds. The third kappa shape index (κ3) is 7.48. The third-order valence-electron chi connectivity index (χ3n) is 4.83. The Labute approximate surface area is 201 Å². The monoisotopic (exact) mass is 479 g/mol. The minimum Gasteiger partial charge on any atom is -0.496 e. The van der Waals surface area contributed by atoms with Gasteiger partial charge in [0.1, 0.15) is 11.9 Å². The van der Waals surface area contributed by atoms with Gasteiger partial charge in [-0.05, 0) is 36.2 Å². The number of benzene rings is 2. The number of aromatic nitrogens is 1. The van der Waals surface area contributed by atoms with E-state index >= 15 is 0 Å². The number of hydrogen-bond acceptors (Lipinski definition) is 8. The van der Waals surface area contributed by atoms with Crippen molar-refractivity contribution in [1.82, 2.24) is 10.3 Å². The lowest BCUT2D eigenvalue weighted by atomic mass is 10.1. The van der Waals surface area contributed by atoms with Gasteiger partial charge in [0.05, 0.1) is 31.5 Å². The number of ether oxygens (including phenoxy) is 2. The first kappa shape index (κ1) is 25.1. The van der Waals surface area contributed by atoms with Gasteiger partial charge in [-0.2, -0.15) is 5.26 Å². The topological polar surface area (TPSA) is 159 Å². The second kappa shape index (κ2) is 12.6. The smallest absolute Gasteiger partial charge is 0.407 e. The van der Waals surface area contributed by atoms with Crippen molar-refractivity contribution in [2.45, 2.75) is 25.5 Å². The number of aliphatic hydroxyl groups excluding tert-OH is 1. The molecule has 0 saturated carbocycles. The molecule has 1 heterocycles. The first-order valence-electron chi connectivity index (χ1n) is 10.7. The molecule has 0 bridgehead atoms. The minimum atomic E-state index is -0.741. The molecule has 0 saturated heterocycles. The fourth-order valence-electron chi connectivity index (χ4n) is 3.15. The highest BCUT2D eigenvalue weighted by Gasteiger charge is 2.14. The van der Waals surface area contributed by atoms with E-state index in [1.54, 1.807) is 48.7 Å². The van der Waals surface area contributed by atoms with Crippen molar-refractivity contribution in [3.05, 3.63) is 60.6 Å². The van der Waals surface area contributed by atoms with Gasteiger partial charge in [0, 0.05) is 30.4 Å². The zero-order valence-corrected chi connectivity index (χ0v) is 19.0. The highest BCUT2D eigenvalue weighted by atomic mass is 16.6. The molecule has 0 radical (unpaired) electrons. The van der Waals surface area contributed by atoms with Crippen LogP contribution in [0.4, 0.5) is 21.0 Å². The predicted octanol–water partition coefficient (Wildman–Crippen LogP) is 3.89. The summed E-state index contributed by atoms with van der Waals surface area (Å²) in [6.45, 7) is -0.217. The number of carbonyl (C=O) groups excluding carboxylic acids is 2. The molecule has 0 aliphatic rings. The number of carbonyl (C=O) groups is 2. The fourth-order valence-corrected chi connectivity index (χ4v) is 3.15. The Balaban J connectivity index is 1.54. The van der Waals surface area contributed by atoms with Crippen LogP contribution in [0.1, 0.15) is 18.4 Å². The van der Waals surface area contributed by atoms with Gasteiger partial charge in [0.15, 0.2) is 12.2 Å². The summed E-state index contributed by atoms with van der Waals surface area (Å²) in [6.07, 6.45) is 1.87. The van der Waals surface area contributed by atoms with Crippen LogP contribution in [0, 0.1) is 11.3 Å². The Bertz CT molecular complexity index is 1180. The van der Waals surface area contributed by atoms with Crippen LogP contribution >= 0.6 is 0 Å². The third-order valence-corrected chi connectivity index (χ3v) is 4.83. The number of anilines is 2. The SMILES string of the molecule is COc1cc(NC(=O)Nc2cccc(CNC(=O)OC(CO)CCC#N)c2)ccc1-c1cnco1. The number of nitrogens with one attached hydrogen (secondary N) is 3. The van der Waals surface area contributed by atoms with E-state index in [0.29, 0.717) is 28.4 Å². The van der Waals surface area contributed by atoms with Gasteiger partial charge in [-0.25, -0.2) is 14.6 Å². The molecule has 0 fully saturated rings. The van der Waals surface area contributed by atoms with Crippen LogP contribution in [0.2, 0.25) is 0 Å². The number of nitrogens with zero attached hydrogens (tertiary/aromatic N) is 2. The second-order valence-corrected chi connectivity index (χ2v) is 7.32. The molecule has 0 spiro atoms. The number of hydrogen-bond donors (Lipinski definition) is 4. The molecule has 1 aromatic heterocycles. The number of methoxy groups -OCH3 is 1. The largest absolute Gasteiger partial charge is 0.496 e. The molecule has 0 aliphatic carbocycles. The summed E-state index contributed by atoms with van der Waals surface area (Å²) in [5.74, 6) is 1.05. The average Bonchev–Trinajstić information content (AvgIpc) is 3.40. The lowest BCUT2D eigenvalue weighted by molar-refractivity contribution is 0.0533. The van der Waals surface area contributed by atoms with Gasteiger partial charge in [-0.3, -0.25) is 0 Å². The second-order valence-electron chi connectivity index (χ2n) is 7.32. The number of nitriles is 1. The predicted molar refractivity (Wildman–Crippen MR) is 127 cm³/mol. The molecule has 1 unspecified atom stereocenters. The van der Waals surface area contributed by atoms with Gasteiger partial charge in [-0.15, -0.1) is 0 Å². The Morgan fingerprint density at radius 2 is 2.00 bits per heavy atom. The summed E-state index contributed by atoms with van der Waals surface area (Å²) in [7, 11) is 1.52. The first-order chi connectivity index (χ1) is 17.0. The van der Waals surface area contributed by atoms with E-state index in [1.807, 2.05) is 6.07 Å². The van der Waals surface area contributed by atoms with Gasteiger partial charge < -0.3 is 34.9 Å². The molecule has 1 atom stereocenters. The van der Waals surface area contributed by atoms with Crippen LogP contribution in [0.3, 0.4) is 0 Å². The van der Waals surface area contributed by atoms with Crippen molar-refractivity contribution in [3.63, 3.8) is 0 Å². The lowest BCUT2D eigenvalue weighted by Crippen LogP contribution is -2.30. The molecular formula is C24H25N5O6. The molecule has 0 aliphatic heterocycles. The van der Waals surface area contributed by atoms with Crippen LogP contribution in [0.15, 0.2) is 59.5 Å². The normalized spacial score (nSPS) is 11.1. The van der Waals surface area contributed by atoms with Crippen LogP contribution in [0.25, 0.3) is 11.3 Å². The Hall–Kier alpha value is -4.56. The highest BCUT2D eigenvalue weighted by molar-refractivity contribution is 6.00. The summed E-state index contributed by atoms with van der Waals surface area (Å²) < 4.78 is 15.8. The van der Waals surface area contributed by atoms with E-state index in [1.165, 1.54) is 13.5 Å². The molecule has 182 valence electrons. The van der Waals surface area contributed by atoms with E-state index < -0.39 is 18.2 Å². The molecular weight excluding hydrogens is 454 g/mol. The van der Waals surface area contributed by atoms with E-state index in [-0.39, 0.29) is 26.0 Å². The van der Waals surface area contributed by atoms with Crippen molar-refractivity contribution >= 4 is 23.5 Å². The lowest BCUT2D eigenvalue weighted by Gasteiger charge is -2.15. The quantitative estimate of drug-likeness (QED) is 0.341. The van der Waals surface area contributed by atoms with Gasteiger partial charge in [0.2, 0.25) is 0 Å².